The van der Waals surface area contributed by atoms with E-state index in [-0.39, 0.29) is 29.2 Å². The number of rotatable bonds is 6. The van der Waals surface area contributed by atoms with Gasteiger partial charge in [0.2, 0.25) is 0 Å². The number of hydrogen-bond donors (Lipinski definition) is 0. The summed E-state index contributed by atoms with van der Waals surface area (Å²) in [6.07, 6.45) is 1.97. The third kappa shape index (κ3) is 5.06. The number of hydrogen-bond acceptors (Lipinski definition) is 2. The zero-order valence-electron chi connectivity index (χ0n) is 19.7. The van der Waals surface area contributed by atoms with Gasteiger partial charge in [-0.25, -0.2) is 4.79 Å². The largest absolute Gasteiger partial charge is 1.00 e. The Morgan fingerprint density at radius 3 is 2.09 bits per heavy atom. The number of nitrogens with zero attached hydrogens (tertiary/aromatic N) is 2. The number of carbonyl (C=O) groups is 1. The molecule has 3 aliphatic heterocycles. The smallest absolute Gasteiger partial charge is 0.415 e. The Labute approximate surface area is 213 Å². The number of quaternary nitrogens is 1. The number of halogens is 1. The molecule has 0 aliphatic carbocycles. The van der Waals surface area contributed by atoms with Crippen LogP contribution in [0.15, 0.2) is 91.0 Å². The van der Waals surface area contributed by atoms with Crippen molar-refractivity contribution in [1.82, 2.24) is 0 Å². The number of fused-ring (bicyclic) bond motifs is 3. The van der Waals surface area contributed by atoms with E-state index in [1.165, 1.54) is 18.7 Å². The molecule has 2 bridgehead atoms. The zero-order valence-corrected chi connectivity index (χ0v) is 21.3. The maximum atomic E-state index is 13.5. The van der Waals surface area contributed by atoms with Crippen molar-refractivity contribution in [2.75, 3.05) is 24.5 Å². The molecule has 0 N–H and O–H groups in total. The summed E-state index contributed by atoms with van der Waals surface area (Å²) in [5.41, 5.74) is 3.33. The molecular formula is C29H33BrN2O2. The van der Waals surface area contributed by atoms with Crippen molar-refractivity contribution >= 4 is 11.8 Å². The summed E-state index contributed by atoms with van der Waals surface area (Å²) in [5, 5.41) is 0. The molecule has 34 heavy (non-hydrogen) atoms. The second kappa shape index (κ2) is 10.7. The van der Waals surface area contributed by atoms with Gasteiger partial charge in [0.1, 0.15) is 12.6 Å². The van der Waals surface area contributed by atoms with E-state index in [4.69, 9.17) is 4.74 Å². The topological polar surface area (TPSA) is 29.5 Å². The molecule has 3 heterocycles. The lowest BCUT2D eigenvalue weighted by atomic mass is 9.81. The molecule has 6 rings (SSSR count). The molecule has 1 unspecified atom stereocenters. The Balaban J connectivity index is 0.00000274. The minimum atomic E-state index is -0.241. The fourth-order valence-electron chi connectivity index (χ4n) is 5.72. The minimum absolute atomic E-state index is 0. The highest BCUT2D eigenvalue weighted by molar-refractivity contribution is 5.87. The van der Waals surface area contributed by atoms with Crippen LogP contribution in [0.25, 0.3) is 0 Å². The fraction of sp³-hybridized carbons (Fsp3) is 0.345. The highest BCUT2D eigenvalue weighted by Gasteiger charge is 2.50. The van der Waals surface area contributed by atoms with Crippen molar-refractivity contribution < 1.29 is 31.0 Å². The summed E-state index contributed by atoms with van der Waals surface area (Å²) in [4.78, 5) is 15.3. The summed E-state index contributed by atoms with van der Waals surface area (Å²) in [6, 6.07) is 31.2. The predicted octanol–water partition coefficient (Wildman–Crippen LogP) is 3.20. The first-order chi connectivity index (χ1) is 16.1. The second-order valence-corrected chi connectivity index (χ2v) is 9.60. The number of benzene rings is 3. The number of amides is 1. The van der Waals surface area contributed by atoms with Crippen LogP contribution >= 0.6 is 0 Å². The molecule has 4 nitrogen and oxygen atoms in total. The van der Waals surface area contributed by atoms with E-state index < -0.39 is 0 Å². The van der Waals surface area contributed by atoms with Crippen LogP contribution in [0.5, 0.6) is 0 Å². The molecule has 3 aromatic carbocycles. The van der Waals surface area contributed by atoms with Crippen molar-refractivity contribution in [3.63, 3.8) is 0 Å². The Morgan fingerprint density at radius 1 is 0.912 bits per heavy atom. The van der Waals surface area contributed by atoms with Crippen LogP contribution in [-0.4, -0.2) is 36.3 Å². The Bertz CT molecular complexity index is 1050. The summed E-state index contributed by atoms with van der Waals surface area (Å²) in [7, 11) is 0. The van der Waals surface area contributed by atoms with Crippen LogP contribution in [-0.2, 0) is 11.3 Å². The van der Waals surface area contributed by atoms with E-state index in [1.54, 1.807) is 4.90 Å². The first kappa shape index (κ1) is 24.5. The molecule has 0 spiro atoms. The van der Waals surface area contributed by atoms with Gasteiger partial charge in [-0.3, -0.25) is 4.90 Å². The quantitative estimate of drug-likeness (QED) is 0.467. The van der Waals surface area contributed by atoms with Gasteiger partial charge in [0.25, 0.3) is 0 Å². The maximum Gasteiger partial charge on any atom is 0.415 e. The lowest BCUT2D eigenvalue weighted by Gasteiger charge is -2.55. The monoisotopic (exact) mass is 520 g/mol. The van der Waals surface area contributed by atoms with Gasteiger partial charge in [0, 0.05) is 30.0 Å². The van der Waals surface area contributed by atoms with E-state index in [0.29, 0.717) is 18.5 Å². The first-order valence-corrected chi connectivity index (χ1v) is 12.1. The number of piperidine rings is 3. The number of ether oxygens (including phenoxy) is 1. The van der Waals surface area contributed by atoms with Crippen LogP contribution < -0.4 is 21.9 Å². The molecule has 0 aromatic heterocycles. The number of para-hydroxylation sites is 1. The van der Waals surface area contributed by atoms with Crippen molar-refractivity contribution in [2.24, 2.45) is 5.92 Å². The van der Waals surface area contributed by atoms with Crippen molar-refractivity contribution in [3.8, 4) is 0 Å². The lowest BCUT2D eigenvalue weighted by molar-refractivity contribution is -0.972. The van der Waals surface area contributed by atoms with Gasteiger partial charge in [-0.2, -0.15) is 0 Å². The van der Waals surface area contributed by atoms with Crippen molar-refractivity contribution in [1.29, 1.82) is 0 Å². The normalized spacial score (nSPS) is 24.0. The number of anilines is 1. The average Bonchev–Trinajstić information content (AvgIpc) is 2.89. The third-order valence-electron chi connectivity index (χ3n) is 7.79. The summed E-state index contributed by atoms with van der Waals surface area (Å²) >= 11 is 0. The molecule has 5 heteroatoms. The Morgan fingerprint density at radius 2 is 1.47 bits per heavy atom. The van der Waals surface area contributed by atoms with E-state index in [1.807, 2.05) is 48.5 Å². The van der Waals surface area contributed by atoms with E-state index in [0.717, 1.165) is 35.1 Å². The van der Waals surface area contributed by atoms with Gasteiger partial charge in [-0.1, -0.05) is 78.9 Å². The molecule has 1 amide bonds. The van der Waals surface area contributed by atoms with Crippen LogP contribution in [0.4, 0.5) is 10.5 Å². The molecule has 0 saturated carbocycles. The minimum Gasteiger partial charge on any atom is -1.00 e. The van der Waals surface area contributed by atoms with Crippen LogP contribution in [0, 0.1) is 5.92 Å². The molecule has 178 valence electrons. The average molecular weight is 521 g/mol. The highest BCUT2D eigenvalue weighted by Crippen LogP contribution is 2.42. The molecule has 2 atom stereocenters. The molecule has 3 fully saturated rings. The fourth-order valence-corrected chi connectivity index (χ4v) is 5.72. The Kier molecular flexibility index (Phi) is 7.74. The summed E-state index contributed by atoms with van der Waals surface area (Å²) < 4.78 is 7.31. The number of carbonyl (C=O) groups excluding carboxylic acids is 1. The van der Waals surface area contributed by atoms with E-state index in [2.05, 4.69) is 49.4 Å². The van der Waals surface area contributed by atoms with Gasteiger partial charge in [0.05, 0.1) is 19.6 Å². The van der Waals surface area contributed by atoms with E-state index >= 15 is 0 Å². The molecule has 3 saturated heterocycles. The zero-order chi connectivity index (χ0) is 22.7. The lowest BCUT2D eigenvalue weighted by Crippen LogP contribution is -3.00. The Hall–Kier alpha value is -2.63. The van der Waals surface area contributed by atoms with Crippen molar-refractivity contribution in [3.05, 3.63) is 102 Å². The van der Waals surface area contributed by atoms with Crippen LogP contribution in [0.2, 0.25) is 0 Å². The molecule has 3 aliphatic rings. The van der Waals surface area contributed by atoms with Gasteiger partial charge in [0.15, 0.2) is 6.10 Å². The highest BCUT2D eigenvalue weighted by atomic mass is 79.9. The molecule has 0 radical (unpaired) electrons. The molecular weight excluding hydrogens is 488 g/mol. The second-order valence-electron chi connectivity index (χ2n) is 9.60. The van der Waals surface area contributed by atoms with Gasteiger partial charge in [-0.15, -0.1) is 0 Å². The van der Waals surface area contributed by atoms with E-state index in [9.17, 15) is 4.79 Å². The SMILES string of the molecule is CC(c1ccccc1)[N+]12CCC(CC1)[C@@H](OC(=O)N(Cc1ccccc1)c1ccccc1)C2.[Br-]. The van der Waals surface area contributed by atoms with Crippen molar-refractivity contribution in [2.45, 2.75) is 38.5 Å². The van der Waals surface area contributed by atoms with Gasteiger partial charge in [-0.05, 0) is 24.6 Å². The van der Waals surface area contributed by atoms with Gasteiger partial charge >= 0.3 is 6.09 Å². The molecule has 3 aromatic rings. The summed E-state index contributed by atoms with van der Waals surface area (Å²) in [5.74, 6) is 0.464. The summed E-state index contributed by atoms with van der Waals surface area (Å²) in [6.45, 7) is 6.08. The predicted molar refractivity (Wildman–Crippen MR) is 132 cm³/mol. The standard InChI is InChI=1S/C29H33N2O2.BrH/c1-23(25-13-7-3-8-14-25)31-19-17-26(18-20-31)28(22-31)33-29(32)30(27-15-9-4-10-16-27)21-24-11-5-2-6-12-24;/h2-16,23,26,28H,17-22H2,1H3;1H/q+1;/p-1/t23?,26?,28-,31?;/m0./s1. The van der Waals surface area contributed by atoms with Gasteiger partial charge < -0.3 is 26.2 Å². The van der Waals surface area contributed by atoms with Crippen LogP contribution in [0.1, 0.15) is 36.9 Å². The van der Waals surface area contributed by atoms with Crippen LogP contribution in [0.3, 0.4) is 0 Å². The first-order valence-electron chi connectivity index (χ1n) is 12.1. The third-order valence-corrected chi connectivity index (χ3v) is 7.79. The maximum absolute atomic E-state index is 13.5.